The monoisotopic (exact) mass is 1210 g/mol. The van der Waals surface area contributed by atoms with Crippen LogP contribution in [-0.2, 0) is 56.0 Å². The Morgan fingerprint density at radius 1 is 0.313 bits per heavy atom. The Labute approximate surface area is 453 Å². The SMILES string of the molecule is FC(F)(F)c1cc([B-](c2cc(C(F)(F)F)cc(C(F)(F)F)c2)(c2cc(C(F)(F)F)cc(C(F)(F)F)c2)c2cc(C(F)(F)F)cc(C(F)(F)F)c2)cc(C(F)(F)F)c1.c1cc2ccc3ccc(C[n+]4csc5ccccc54)c4ccc(c1)c2c34. The molecular weight excluding hydrogens is 1190 g/mol. The molecule has 0 radical (unpaired) electrons. The number of para-hydroxylation sites is 1. The van der Waals surface area contributed by atoms with Crippen LogP contribution in [0.25, 0.3) is 42.5 Å². The molecule has 0 saturated carbocycles. The van der Waals surface area contributed by atoms with E-state index in [-0.39, 0.29) is 0 Å². The normalized spacial score (nSPS) is 13.6. The summed E-state index contributed by atoms with van der Waals surface area (Å²) in [6, 6.07) is 20.0. The van der Waals surface area contributed by atoms with Crippen molar-refractivity contribution in [3.05, 3.63) is 207 Å². The van der Waals surface area contributed by atoms with Gasteiger partial charge in [-0.05, 0) is 62.6 Å². The van der Waals surface area contributed by atoms with Gasteiger partial charge in [-0.1, -0.05) is 127 Å². The highest BCUT2D eigenvalue weighted by Crippen LogP contribution is 2.42. The van der Waals surface area contributed by atoms with Crippen LogP contribution < -0.4 is 26.4 Å². The Kier molecular flexibility index (Phi) is 14.6. The van der Waals surface area contributed by atoms with E-state index < -0.39 is 195 Å². The van der Waals surface area contributed by atoms with Crippen LogP contribution in [0.1, 0.15) is 50.1 Å². The number of alkyl halides is 24. The molecule has 83 heavy (non-hydrogen) atoms. The Bertz CT molecular complexity index is 3630. The molecule has 10 rings (SSSR count). The van der Waals surface area contributed by atoms with Crippen LogP contribution in [0.5, 0.6) is 0 Å². The number of benzene rings is 9. The predicted octanol–water partition coefficient (Wildman–Crippen LogP) is 17.3. The molecule has 9 aromatic carbocycles. The van der Waals surface area contributed by atoms with Crippen LogP contribution in [0.2, 0.25) is 0 Å². The molecule has 0 fully saturated rings. The third kappa shape index (κ3) is 11.8. The van der Waals surface area contributed by atoms with Gasteiger partial charge in [0.2, 0.25) is 11.0 Å². The minimum atomic E-state index is -6.13. The van der Waals surface area contributed by atoms with Crippen LogP contribution in [0.15, 0.2) is 157 Å². The molecule has 1 aromatic heterocycles. The summed E-state index contributed by atoms with van der Waals surface area (Å²) < 4.78 is 345. The highest BCUT2D eigenvalue weighted by atomic mass is 32.1. The summed E-state index contributed by atoms with van der Waals surface area (Å²) in [5.74, 6) is 0. The van der Waals surface area contributed by atoms with Crippen molar-refractivity contribution in [3.63, 3.8) is 0 Å². The average molecular weight is 1210 g/mol. The Morgan fingerprint density at radius 2 is 0.614 bits per heavy atom. The van der Waals surface area contributed by atoms with E-state index in [9.17, 15) is 105 Å². The topological polar surface area (TPSA) is 3.88 Å². The minimum absolute atomic E-state index is 0.691. The van der Waals surface area contributed by atoms with Crippen LogP contribution >= 0.6 is 11.3 Å². The second kappa shape index (κ2) is 20.3. The van der Waals surface area contributed by atoms with E-state index in [1.54, 1.807) is 0 Å². The summed E-state index contributed by atoms with van der Waals surface area (Å²) in [7, 11) is 0. The summed E-state index contributed by atoms with van der Waals surface area (Å²) in [6.07, 6.45) is -54.8. The van der Waals surface area contributed by atoms with Crippen molar-refractivity contribution < 1.29 is 110 Å². The van der Waals surface area contributed by atoms with E-state index in [1.807, 2.05) is 11.3 Å². The number of aromatic nitrogens is 1. The van der Waals surface area contributed by atoms with Gasteiger partial charge in [-0.15, -0.1) is 0 Å². The summed E-state index contributed by atoms with van der Waals surface area (Å²) in [6.45, 7) is 0.901. The van der Waals surface area contributed by atoms with Crippen molar-refractivity contribution in [1.82, 2.24) is 0 Å². The zero-order valence-electron chi connectivity index (χ0n) is 40.7. The van der Waals surface area contributed by atoms with Crippen LogP contribution in [0.3, 0.4) is 0 Å². The zero-order valence-corrected chi connectivity index (χ0v) is 41.5. The molecule has 0 aliphatic carbocycles. The molecule has 0 spiro atoms. The average Bonchev–Trinajstić information content (AvgIpc) is 1.24. The molecule has 0 unspecified atom stereocenters. The molecule has 27 heteroatoms. The van der Waals surface area contributed by atoms with E-state index in [1.165, 1.54) is 48.1 Å². The van der Waals surface area contributed by atoms with Gasteiger partial charge >= 0.3 is 49.4 Å². The van der Waals surface area contributed by atoms with Crippen molar-refractivity contribution in [3.8, 4) is 0 Å². The largest absolute Gasteiger partial charge is 0.416 e. The lowest BCUT2D eigenvalue weighted by Crippen LogP contribution is -2.75. The number of halogens is 24. The number of nitrogens with zero attached hydrogens (tertiary/aromatic N) is 1. The summed E-state index contributed by atoms with van der Waals surface area (Å²) >= 11 is 1.81. The molecule has 0 bridgehead atoms. The lowest BCUT2D eigenvalue weighted by atomic mass is 9.12. The third-order valence-electron chi connectivity index (χ3n) is 13.9. The van der Waals surface area contributed by atoms with E-state index in [2.05, 4.69) is 88.9 Å². The van der Waals surface area contributed by atoms with Gasteiger partial charge in [-0.3, -0.25) is 0 Å². The molecule has 0 atom stereocenters. The number of rotatable bonds is 6. The molecule has 0 aliphatic rings. The van der Waals surface area contributed by atoms with E-state index >= 15 is 0 Å². The van der Waals surface area contributed by atoms with Crippen molar-refractivity contribution in [1.29, 1.82) is 0 Å². The number of thiazole rings is 1. The standard InChI is InChI=1S/C32H12BF24.C24H16NS/c34-25(35,36)13-1-14(26(37,38)39)6-21(5-13)33(22-7-15(27(40,41)42)2-16(8-22)28(43,44)45,23-9-17(29(46,47)48)3-18(10-23)30(49,50)51)24-11-19(31(52,53)54)4-20(12-24)32(55,56)57;1-2-7-22-21(6-1)25(15-26-22)14-19-11-10-18-9-8-16-4-3-5-17-12-13-20(19)24(18)23(16)17/h1-12H;1-13,15H,14H2/q-1;+1. The molecule has 1 heterocycles. The van der Waals surface area contributed by atoms with Crippen LogP contribution in [0.4, 0.5) is 105 Å². The van der Waals surface area contributed by atoms with Gasteiger partial charge in [0.25, 0.3) is 0 Å². The van der Waals surface area contributed by atoms with Gasteiger partial charge in [-0.2, -0.15) is 132 Å². The highest BCUT2D eigenvalue weighted by molar-refractivity contribution is 7.20. The Hall–Kier alpha value is -7.71. The molecule has 1 nitrogen and oxygen atoms in total. The van der Waals surface area contributed by atoms with E-state index in [0.29, 0.717) is 0 Å². The van der Waals surface area contributed by atoms with Crippen molar-refractivity contribution in [2.24, 2.45) is 0 Å². The lowest BCUT2D eigenvalue weighted by molar-refractivity contribution is -0.657. The Morgan fingerprint density at radius 3 is 0.952 bits per heavy atom. The second-order valence-electron chi connectivity index (χ2n) is 19.1. The Balaban J connectivity index is 0.000000259. The molecule has 0 N–H and O–H groups in total. The first-order chi connectivity index (χ1) is 38.1. The van der Waals surface area contributed by atoms with Crippen LogP contribution in [-0.4, -0.2) is 6.15 Å². The van der Waals surface area contributed by atoms with Gasteiger partial charge in [0.1, 0.15) is 10.8 Å². The summed E-state index contributed by atoms with van der Waals surface area (Å²) in [5, 5.41) is 8.14. The van der Waals surface area contributed by atoms with E-state index in [0.717, 1.165) is 6.54 Å². The maximum absolute atomic E-state index is 14.2. The minimum Gasteiger partial charge on any atom is -0.194 e. The first kappa shape index (κ1) is 59.9. The first-order valence-electron chi connectivity index (χ1n) is 23.5. The predicted molar refractivity (Wildman–Crippen MR) is 261 cm³/mol. The molecule has 10 aromatic rings. The second-order valence-corrected chi connectivity index (χ2v) is 20.0. The number of fused-ring (bicyclic) bond motifs is 1. The fourth-order valence-electron chi connectivity index (χ4n) is 10.3. The van der Waals surface area contributed by atoms with Crippen molar-refractivity contribution >= 4 is 81.9 Å². The maximum Gasteiger partial charge on any atom is 0.416 e. The highest BCUT2D eigenvalue weighted by Gasteiger charge is 2.47. The molecule has 434 valence electrons. The van der Waals surface area contributed by atoms with Gasteiger partial charge < -0.3 is 0 Å². The van der Waals surface area contributed by atoms with E-state index in [4.69, 9.17) is 0 Å². The number of hydrogen-bond acceptors (Lipinski definition) is 1. The first-order valence-corrected chi connectivity index (χ1v) is 24.4. The fourth-order valence-corrected chi connectivity index (χ4v) is 11.2. The third-order valence-corrected chi connectivity index (χ3v) is 14.8. The molecule has 0 aliphatic heterocycles. The quantitative estimate of drug-likeness (QED) is 0.0676. The van der Waals surface area contributed by atoms with Gasteiger partial charge in [0.15, 0.2) is 6.54 Å². The van der Waals surface area contributed by atoms with Gasteiger partial charge in [0.05, 0.1) is 44.5 Å². The lowest BCUT2D eigenvalue weighted by Gasteiger charge is -2.46. The fraction of sp³-hybridized carbons (Fsp3) is 0.161. The maximum atomic E-state index is 14.2. The van der Waals surface area contributed by atoms with Gasteiger partial charge in [0, 0.05) is 11.6 Å². The summed E-state index contributed by atoms with van der Waals surface area (Å²) in [5.41, 5.74) is -25.3. The molecule has 0 amide bonds. The zero-order chi connectivity index (χ0) is 61.0. The molecule has 0 saturated heterocycles. The summed E-state index contributed by atoms with van der Waals surface area (Å²) in [4.78, 5) is 0. The van der Waals surface area contributed by atoms with Crippen molar-refractivity contribution in [2.75, 3.05) is 0 Å². The molecular formula is C56H28BF24NS. The van der Waals surface area contributed by atoms with Crippen molar-refractivity contribution in [2.45, 2.75) is 56.0 Å². The van der Waals surface area contributed by atoms with Gasteiger partial charge in [-0.25, -0.2) is 0 Å². The van der Waals surface area contributed by atoms with Crippen LogP contribution in [0, 0.1) is 0 Å². The smallest absolute Gasteiger partial charge is 0.194 e. The number of hydrogen-bond donors (Lipinski definition) is 0.